The lowest BCUT2D eigenvalue weighted by atomic mass is 10.1. The molecule has 11 heavy (non-hydrogen) atoms. The van der Waals surface area contributed by atoms with Gasteiger partial charge in [-0.3, -0.25) is 4.90 Å². The van der Waals surface area contributed by atoms with Gasteiger partial charge in [0.05, 0.1) is 12.7 Å². The molecule has 0 aliphatic carbocycles. The standard InChI is InChI=1S/C9H19NO/c1-4-5-10-6-7-11-9(3)8(10)2/h8-9H,4-7H2,1-3H3/t8-,9-/m1/s1. The maximum atomic E-state index is 5.52. The molecule has 2 nitrogen and oxygen atoms in total. The highest BCUT2D eigenvalue weighted by molar-refractivity contribution is 4.76. The van der Waals surface area contributed by atoms with E-state index in [0.717, 1.165) is 13.2 Å². The fourth-order valence-corrected chi connectivity index (χ4v) is 1.60. The van der Waals surface area contributed by atoms with Crippen LogP contribution in [0.2, 0.25) is 0 Å². The second kappa shape index (κ2) is 4.07. The highest BCUT2D eigenvalue weighted by atomic mass is 16.5. The van der Waals surface area contributed by atoms with E-state index >= 15 is 0 Å². The third-order valence-electron chi connectivity index (χ3n) is 2.53. The fourth-order valence-electron chi connectivity index (χ4n) is 1.60. The van der Waals surface area contributed by atoms with Crippen molar-refractivity contribution in [2.45, 2.75) is 39.3 Å². The van der Waals surface area contributed by atoms with Gasteiger partial charge in [0.1, 0.15) is 0 Å². The zero-order valence-electron chi connectivity index (χ0n) is 7.84. The number of ether oxygens (including phenoxy) is 1. The molecule has 0 spiro atoms. The molecule has 2 heteroatoms. The largest absolute Gasteiger partial charge is 0.376 e. The van der Waals surface area contributed by atoms with Crippen LogP contribution in [0, 0.1) is 0 Å². The van der Waals surface area contributed by atoms with Gasteiger partial charge < -0.3 is 4.74 Å². The van der Waals surface area contributed by atoms with Crippen LogP contribution in [0.25, 0.3) is 0 Å². The summed E-state index contributed by atoms with van der Waals surface area (Å²) in [7, 11) is 0. The molecule has 0 bridgehead atoms. The van der Waals surface area contributed by atoms with Crippen molar-refractivity contribution in [1.29, 1.82) is 0 Å². The van der Waals surface area contributed by atoms with E-state index in [2.05, 4.69) is 25.7 Å². The van der Waals surface area contributed by atoms with Crippen molar-refractivity contribution in [3.63, 3.8) is 0 Å². The van der Waals surface area contributed by atoms with Crippen LogP contribution in [-0.2, 0) is 4.74 Å². The van der Waals surface area contributed by atoms with Gasteiger partial charge in [-0.15, -0.1) is 0 Å². The van der Waals surface area contributed by atoms with Crippen molar-refractivity contribution in [3.05, 3.63) is 0 Å². The minimum absolute atomic E-state index is 0.412. The van der Waals surface area contributed by atoms with Gasteiger partial charge in [-0.1, -0.05) is 6.92 Å². The Labute approximate surface area is 69.5 Å². The monoisotopic (exact) mass is 157 g/mol. The van der Waals surface area contributed by atoms with E-state index < -0.39 is 0 Å². The zero-order chi connectivity index (χ0) is 8.27. The summed E-state index contributed by atoms with van der Waals surface area (Å²) >= 11 is 0. The third-order valence-corrected chi connectivity index (χ3v) is 2.53. The molecule has 0 aromatic heterocycles. The average Bonchev–Trinajstić information content (AvgIpc) is 1.99. The molecule has 1 heterocycles. The van der Waals surface area contributed by atoms with Gasteiger partial charge in [0.25, 0.3) is 0 Å². The molecule has 0 radical (unpaired) electrons. The molecule has 1 saturated heterocycles. The van der Waals surface area contributed by atoms with Crippen LogP contribution in [0.4, 0.5) is 0 Å². The zero-order valence-corrected chi connectivity index (χ0v) is 7.84. The molecule has 0 amide bonds. The quantitative estimate of drug-likeness (QED) is 0.602. The molecule has 1 fully saturated rings. The molecular weight excluding hydrogens is 138 g/mol. The summed E-state index contributed by atoms with van der Waals surface area (Å²) in [6.45, 7) is 9.87. The minimum Gasteiger partial charge on any atom is -0.376 e. The highest BCUT2D eigenvalue weighted by Crippen LogP contribution is 2.12. The SMILES string of the molecule is CCCN1CCO[C@H](C)[C@H]1C. The number of hydrogen-bond donors (Lipinski definition) is 0. The number of morpholine rings is 1. The van der Waals surface area contributed by atoms with E-state index in [1.807, 2.05) is 0 Å². The third kappa shape index (κ3) is 2.17. The summed E-state index contributed by atoms with van der Waals surface area (Å²) in [5.74, 6) is 0. The molecule has 1 rings (SSSR count). The molecule has 66 valence electrons. The Morgan fingerprint density at radius 3 is 2.82 bits per heavy atom. The normalized spacial score (nSPS) is 34.1. The number of rotatable bonds is 2. The molecule has 0 saturated carbocycles. The molecule has 0 unspecified atom stereocenters. The summed E-state index contributed by atoms with van der Waals surface area (Å²) in [6.07, 6.45) is 1.66. The number of hydrogen-bond acceptors (Lipinski definition) is 2. The second-order valence-corrected chi connectivity index (χ2v) is 3.35. The van der Waals surface area contributed by atoms with E-state index in [0.29, 0.717) is 12.1 Å². The first-order valence-corrected chi connectivity index (χ1v) is 4.61. The van der Waals surface area contributed by atoms with Crippen molar-refractivity contribution >= 4 is 0 Å². The van der Waals surface area contributed by atoms with Gasteiger partial charge in [0, 0.05) is 12.6 Å². The van der Waals surface area contributed by atoms with E-state index in [9.17, 15) is 0 Å². The van der Waals surface area contributed by atoms with Crippen molar-refractivity contribution in [3.8, 4) is 0 Å². The van der Waals surface area contributed by atoms with E-state index in [1.54, 1.807) is 0 Å². The fraction of sp³-hybridized carbons (Fsp3) is 1.00. The maximum absolute atomic E-state index is 5.52. The van der Waals surface area contributed by atoms with Crippen molar-refractivity contribution in [2.24, 2.45) is 0 Å². The van der Waals surface area contributed by atoms with Crippen molar-refractivity contribution < 1.29 is 4.74 Å². The van der Waals surface area contributed by atoms with Crippen LogP contribution >= 0.6 is 0 Å². The summed E-state index contributed by atoms with van der Waals surface area (Å²) in [4.78, 5) is 2.51. The molecule has 1 aliphatic heterocycles. The topological polar surface area (TPSA) is 12.5 Å². The van der Waals surface area contributed by atoms with Crippen molar-refractivity contribution in [1.82, 2.24) is 4.90 Å². The summed E-state index contributed by atoms with van der Waals surface area (Å²) in [5, 5.41) is 0. The molecule has 1 aliphatic rings. The lowest BCUT2D eigenvalue weighted by Crippen LogP contribution is -2.48. The maximum Gasteiger partial charge on any atom is 0.0700 e. The van der Waals surface area contributed by atoms with Crippen LogP contribution in [0.1, 0.15) is 27.2 Å². The molecule has 0 aromatic rings. The Balaban J connectivity index is 2.38. The van der Waals surface area contributed by atoms with Gasteiger partial charge in [0.15, 0.2) is 0 Å². The molecular formula is C9H19NO. The van der Waals surface area contributed by atoms with Gasteiger partial charge >= 0.3 is 0 Å². The van der Waals surface area contributed by atoms with Crippen LogP contribution in [0.3, 0.4) is 0 Å². The van der Waals surface area contributed by atoms with Gasteiger partial charge in [-0.25, -0.2) is 0 Å². The van der Waals surface area contributed by atoms with E-state index in [1.165, 1.54) is 13.0 Å². The van der Waals surface area contributed by atoms with E-state index in [4.69, 9.17) is 4.74 Å². The van der Waals surface area contributed by atoms with Gasteiger partial charge in [0.2, 0.25) is 0 Å². The first kappa shape index (κ1) is 9.01. The lowest BCUT2D eigenvalue weighted by molar-refractivity contribution is -0.0549. The van der Waals surface area contributed by atoms with Crippen LogP contribution in [0.5, 0.6) is 0 Å². The second-order valence-electron chi connectivity index (χ2n) is 3.35. The van der Waals surface area contributed by atoms with Crippen LogP contribution < -0.4 is 0 Å². The van der Waals surface area contributed by atoms with Crippen LogP contribution in [0.15, 0.2) is 0 Å². The average molecular weight is 157 g/mol. The Hall–Kier alpha value is -0.0800. The smallest absolute Gasteiger partial charge is 0.0700 e. The van der Waals surface area contributed by atoms with Gasteiger partial charge in [-0.05, 0) is 26.8 Å². The van der Waals surface area contributed by atoms with Gasteiger partial charge in [-0.2, -0.15) is 0 Å². The Morgan fingerprint density at radius 1 is 1.45 bits per heavy atom. The highest BCUT2D eigenvalue weighted by Gasteiger charge is 2.23. The van der Waals surface area contributed by atoms with E-state index in [-0.39, 0.29) is 0 Å². The molecule has 2 atom stereocenters. The first-order chi connectivity index (χ1) is 5.25. The Bertz CT molecular complexity index is 114. The predicted octanol–water partition coefficient (Wildman–Crippen LogP) is 1.51. The minimum atomic E-state index is 0.412. The lowest BCUT2D eigenvalue weighted by Gasteiger charge is -2.37. The van der Waals surface area contributed by atoms with Crippen molar-refractivity contribution in [2.75, 3.05) is 19.7 Å². The molecule has 0 aromatic carbocycles. The molecule has 0 N–H and O–H groups in total. The Kier molecular flexibility index (Phi) is 3.34. The summed E-state index contributed by atoms with van der Waals surface area (Å²) in [6, 6.07) is 0.601. The predicted molar refractivity (Wildman–Crippen MR) is 46.7 cm³/mol. The first-order valence-electron chi connectivity index (χ1n) is 4.61. The summed E-state index contributed by atoms with van der Waals surface area (Å²) in [5.41, 5.74) is 0. The summed E-state index contributed by atoms with van der Waals surface area (Å²) < 4.78 is 5.52. The van der Waals surface area contributed by atoms with Crippen LogP contribution in [-0.4, -0.2) is 36.7 Å². The Morgan fingerprint density at radius 2 is 2.18 bits per heavy atom. The number of nitrogens with zero attached hydrogens (tertiary/aromatic N) is 1.